The van der Waals surface area contributed by atoms with Gasteiger partial charge in [0.2, 0.25) is 0 Å². The minimum Gasteiger partial charge on any atom is -0.361 e. The van der Waals surface area contributed by atoms with Gasteiger partial charge in [-0.3, -0.25) is 0 Å². The number of thiophene rings is 1. The highest BCUT2D eigenvalue weighted by molar-refractivity contribution is 7.19. The van der Waals surface area contributed by atoms with Crippen LogP contribution in [0.1, 0.15) is 0 Å². The molecule has 3 aromatic rings. The zero-order valence-corrected chi connectivity index (χ0v) is 9.40. The van der Waals surface area contributed by atoms with Gasteiger partial charge >= 0.3 is 0 Å². The maximum Gasteiger partial charge on any atom is 0.0934 e. The Morgan fingerprint density at radius 1 is 1.07 bits per heavy atom. The molecule has 1 N–H and O–H groups in total. The van der Waals surface area contributed by atoms with Gasteiger partial charge in [-0.2, -0.15) is 0 Å². The highest BCUT2D eigenvalue weighted by Gasteiger charge is 2.06. The maximum atomic E-state index is 5.95. The van der Waals surface area contributed by atoms with E-state index in [2.05, 4.69) is 35.3 Å². The monoisotopic (exact) mass is 233 g/mol. The SMILES string of the molecule is Clc1ccc(-c2cccc3[nH]ccc23)s1. The van der Waals surface area contributed by atoms with Crippen LogP contribution in [0.25, 0.3) is 21.3 Å². The first-order chi connectivity index (χ1) is 7.34. The van der Waals surface area contributed by atoms with E-state index in [1.54, 1.807) is 11.3 Å². The molecule has 2 heterocycles. The van der Waals surface area contributed by atoms with Gasteiger partial charge in [0.15, 0.2) is 0 Å². The van der Waals surface area contributed by atoms with Crippen molar-refractivity contribution in [3.05, 3.63) is 46.9 Å². The van der Waals surface area contributed by atoms with E-state index in [4.69, 9.17) is 11.6 Å². The van der Waals surface area contributed by atoms with Crippen molar-refractivity contribution in [2.45, 2.75) is 0 Å². The molecule has 0 saturated carbocycles. The minimum absolute atomic E-state index is 0.831. The van der Waals surface area contributed by atoms with Crippen molar-refractivity contribution in [1.82, 2.24) is 4.98 Å². The highest BCUT2D eigenvalue weighted by atomic mass is 35.5. The summed E-state index contributed by atoms with van der Waals surface area (Å²) in [7, 11) is 0. The Kier molecular flexibility index (Phi) is 2.04. The molecule has 1 nitrogen and oxygen atoms in total. The predicted octanol–water partition coefficient (Wildman–Crippen LogP) is 4.55. The predicted molar refractivity (Wildman–Crippen MR) is 66.6 cm³/mol. The summed E-state index contributed by atoms with van der Waals surface area (Å²) in [6, 6.07) is 12.4. The summed E-state index contributed by atoms with van der Waals surface area (Å²) in [5, 5.41) is 1.25. The van der Waals surface area contributed by atoms with E-state index in [0.29, 0.717) is 0 Å². The first-order valence-electron chi connectivity index (χ1n) is 4.66. The molecule has 74 valence electrons. The van der Waals surface area contributed by atoms with E-state index in [1.807, 2.05) is 12.3 Å². The number of fused-ring (bicyclic) bond motifs is 1. The lowest BCUT2D eigenvalue weighted by Crippen LogP contribution is -1.73. The first kappa shape index (κ1) is 9.01. The topological polar surface area (TPSA) is 15.8 Å². The third-order valence-corrected chi connectivity index (χ3v) is 3.70. The fourth-order valence-electron chi connectivity index (χ4n) is 1.76. The van der Waals surface area contributed by atoms with Gasteiger partial charge in [-0.15, -0.1) is 11.3 Å². The third-order valence-electron chi connectivity index (χ3n) is 2.43. The van der Waals surface area contributed by atoms with Crippen LogP contribution < -0.4 is 0 Å². The lowest BCUT2D eigenvalue weighted by Gasteiger charge is -1.99. The summed E-state index contributed by atoms with van der Waals surface area (Å²) in [5.74, 6) is 0. The van der Waals surface area contributed by atoms with Crippen LogP contribution in [-0.2, 0) is 0 Å². The van der Waals surface area contributed by atoms with Gasteiger partial charge < -0.3 is 4.98 Å². The Balaban J connectivity index is 2.30. The standard InChI is InChI=1S/C12H8ClNS/c13-12-5-4-11(15-12)9-2-1-3-10-8(9)6-7-14-10/h1-7,14H. The zero-order valence-electron chi connectivity index (χ0n) is 7.83. The number of rotatable bonds is 1. The summed E-state index contributed by atoms with van der Waals surface area (Å²) >= 11 is 7.56. The molecule has 3 heteroatoms. The van der Waals surface area contributed by atoms with Crippen LogP contribution in [0.15, 0.2) is 42.6 Å². The van der Waals surface area contributed by atoms with Gasteiger partial charge in [-0.1, -0.05) is 23.7 Å². The molecule has 0 saturated heterocycles. The average molecular weight is 234 g/mol. The van der Waals surface area contributed by atoms with Crippen molar-refractivity contribution in [2.75, 3.05) is 0 Å². The minimum atomic E-state index is 0.831. The molecule has 3 rings (SSSR count). The van der Waals surface area contributed by atoms with Gasteiger partial charge in [0, 0.05) is 27.5 Å². The summed E-state index contributed by atoms with van der Waals surface area (Å²) in [5.41, 5.74) is 2.41. The molecule has 2 aromatic heterocycles. The summed E-state index contributed by atoms with van der Waals surface area (Å²) in [4.78, 5) is 4.42. The van der Waals surface area contributed by atoms with Crippen LogP contribution in [0.5, 0.6) is 0 Å². The highest BCUT2D eigenvalue weighted by Crippen LogP contribution is 2.34. The van der Waals surface area contributed by atoms with Crippen molar-refractivity contribution < 1.29 is 0 Å². The second-order valence-corrected chi connectivity index (χ2v) is 5.06. The van der Waals surface area contributed by atoms with E-state index in [0.717, 1.165) is 9.85 Å². The molecule has 0 aliphatic heterocycles. The number of aromatic nitrogens is 1. The van der Waals surface area contributed by atoms with Gasteiger partial charge in [-0.25, -0.2) is 0 Å². The van der Waals surface area contributed by atoms with Crippen molar-refractivity contribution in [2.24, 2.45) is 0 Å². The molecule has 0 fully saturated rings. The van der Waals surface area contributed by atoms with Crippen molar-refractivity contribution in [3.63, 3.8) is 0 Å². The van der Waals surface area contributed by atoms with Crippen molar-refractivity contribution in [1.29, 1.82) is 0 Å². The molecular weight excluding hydrogens is 226 g/mol. The fourth-order valence-corrected chi connectivity index (χ4v) is 2.84. The molecule has 0 bridgehead atoms. The molecule has 15 heavy (non-hydrogen) atoms. The van der Waals surface area contributed by atoms with Crippen molar-refractivity contribution >= 4 is 33.8 Å². The summed E-state index contributed by atoms with van der Waals surface area (Å²) in [6.45, 7) is 0. The molecule has 0 unspecified atom stereocenters. The molecule has 0 atom stereocenters. The second-order valence-electron chi connectivity index (χ2n) is 3.35. The molecule has 0 radical (unpaired) electrons. The Hall–Kier alpha value is -1.25. The lowest BCUT2D eigenvalue weighted by molar-refractivity contribution is 1.48. The molecule has 0 aliphatic carbocycles. The van der Waals surface area contributed by atoms with Crippen LogP contribution in [0, 0.1) is 0 Å². The Labute approximate surface area is 96.3 Å². The number of hydrogen-bond acceptors (Lipinski definition) is 1. The molecule has 0 aliphatic rings. The molecule has 0 amide bonds. The Morgan fingerprint density at radius 3 is 2.80 bits per heavy atom. The number of nitrogens with one attached hydrogen (secondary N) is 1. The third kappa shape index (κ3) is 1.46. The van der Waals surface area contributed by atoms with Crippen molar-refractivity contribution in [3.8, 4) is 10.4 Å². The quantitative estimate of drug-likeness (QED) is 0.635. The van der Waals surface area contributed by atoms with Gasteiger partial charge in [0.1, 0.15) is 0 Å². The van der Waals surface area contributed by atoms with Crippen LogP contribution in [0.4, 0.5) is 0 Å². The summed E-state index contributed by atoms with van der Waals surface area (Å²) < 4.78 is 0.831. The van der Waals surface area contributed by atoms with E-state index < -0.39 is 0 Å². The van der Waals surface area contributed by atoms with Crippen LogP contribution >= 0.6 is 22.9 Å². The van der Waals surface area contributed by atoms with E-state index in [1.165, 1.54) is 15.8 Å². The Bertz CT molecular complexity index is 609. The number of halogens is 1. The maximum absolute atomic E-state index is 5.95. The number of hydrogen-bond donors (Lipinski definition) is 1. The zero-order chi connectivity index (χ0) is 10.3. The Morgan fingerprint density at radius 2 is 2.00 bits per heavy atom. The lowest BCUT2D eigenvalue weighted by atomic mass is 10.1. The number of aromatic amines is 1. The average Bonchev–Trinajstić information content (AvgIpc) is 2.84. The summed E-state index contributed by atoms with van der Waals surface area (Å²) in [6.07, 6.45) is 1.96. The number of benzene rings is 1. The van der Waals surface area contributed by atoms with Crippen LogP contribution in [-0.4, -0.2) is 4.98 Å². The fraction of sp³-hybridized carbons (Fsp3) is 0. The first-order valence-corrected chi connectivity index (χ1v) is 5.86. The van der Waals surface area contributed by atoms with E-state index in [9.17, 15) is 0 Å². The van der Waals surface area contributed by atoms with E-state index in [-0.39, 0.29) is 0 Å². The normalized spacial score (nSPS) is 11.0. The second kappa shape index (κ2) is 3.40. The molecule has 1 aromatic carbocycles. The van der Waals surface area contributed by atoms with E-state index >= 15 is 0 Å². The van der Waals surface area contributed by atoms with Crippen LogP contribution in [0.2, 0.25) is 4.34 Å². The largest absolute Gasteiger partial charge is 0.361 e. The van der Waals surface area contributed by atoms with Crippen LogP contribution in [0.3, 0.4) is 0 Å². The number of H-pyrrole nitrogens is 1. The molecule has 0 spiro atoms. The van der Waals surface area contributed by atoms with Gasteiger partial charge in [0.05, 0.1) is 4.34 Å². The molecular formula is C12H8ClNS. The smallest absolute Gasteiger partial charge is 0.0934 e. The van der Waals surface area contributed by atoms with Gasteiger partial charge in [-0.05, 0) is 24.3 Å². The van der Waals surface area contributed by atoms with Gasteiger partial charge in [0.25, 0.3) is 0 Å².